The van der Waals surface area contributed by atoms with E-state index in [4.69, 9.17) is 23.2 Å². The third kappa shape index (κ3) is 3.69. The Morgan fingerprint density at radius 1 is 1.05 bits per heavy atom. The molecular weight excluding hydrogens is 333 g/mol. The quantitative estimate of drug-likeness (QED) is 0.747. The van der Waals surface area contributed by atoms with Gasteiger partial charge in [0.1, 0.15) is 0 Å². The van der Waals surface area contributed by atoms with Crippen LogP contribution in [0.5, 0.6) is 0 Å². The summed E-state index contributed by atoms with van der Waals surface area (Å²) in [5, 5.41) is 4.73. The van der Waals surface area contributed by atoms with Gasteiger partial charge in [-0.1, -0.05) is 58.7 Å². The first kappa shape index (κ1) is 15.9. The largest absolute Gasteiger partial charge is 0.313 e. The molecule has 1 aliphatic rings. The molecule has 0 atom stereocenters. The van der Waals surface area contributed by atoms with E-state index in [-0.39, 0.29) is 0 Å². The van der Waals surface area contributed by atoms with Gasteiger partial charge in [0.05, 0.1) is 5.02 Å². The summed E-state index contributed by atoms with van der Waals surface area (Å²) in [5.41, 5.74) is 4.01. The standard InChI is InChI=1S/C18H17Cl2NS/c1-12-2-4-17(15(10-12)13-6-8-21-9-7-13)22-18-5-3-14(19)11-16(18)20/h2-6,10-11,21H,7-9H2,1H3. The van der Waals surface area contributed by atoms with Gasteiger partial charge < -0.3 is 5.32 Å². The van der Waals surface area contributed by atoms with Crippen LogP contribution in [0.2, 0.25) is 10.0 Å². The van der Waals surface area contributed by atoms with E-state index in [9.17, 15) is 0 Å². The van der Waals surface area contributed by atoms with Crippen LogP contribution in [0.3, 0.4) is 0 Å². The van der Waals surface area contributed by atoms with Crippen LogP contribution < -0.4 is 5.32 Å². The summed E-state index contributed by atoms with van der Waals surface area (Å²) < 4.78 is 0. The predicted octanol–water partition coefficient (Wildman–Crippen LogP) is 5.83. The van der Waals surface area contributed by atoms with E-state index in [0.717, 1.165) is 24.4 Å². The summed E-state index contributed by atoms with van der Waals surface area (Å²) in [7, 11) is 0. The Bertz CT molecular complexity index is 725. The number of hydrogen-bond acceptors (Lipinski definition) is 2. The van der Waals surface area contributed by atoms with E-state index < -0.39 is 0 Å². The van der Waals surface area contributed by atoms with Crippen molar-refractivity contribution in [2.75, 3.05) is 13.1 Å². The Morgan fingerprint density at radius 3 is 2.59 bits per heavy atom. The molecule has 4 heteroatoms. The average molecular weight is 350 g/mol. The molecule has 0 spiro atoms. The second-order valence-electron chi connectivity index (χ2n) is 5.36. The third-order valence-electron chi connectivity index (χ3n) is 3.66. The van der Waals surface area contributed by atoms with Crippen LogP contribution in [-0.2, 0) is 0 Å². The molecule has 0 saturated heterocycles. The zero-order valence-electron chi connectivity index (χ0n) is 12.3. The molecule has 1 N–H and O–H groups in total. The zero-order valence-corrected chi connectivity index (χ0v) is 14.7. The Labute approximate surface area is 145 Å². The number of hydrogen-bond donors (Lipinski definition) is 1. The van der Waals surface area contributed by atoms with Gasteiger partial charge in [0, 0.05) is 21.4 Å². The van der Waals surface area contributed by atoms with Crippen LogP contribution in [0.25, 0.3) is 5.57 Å². The van der Waals surface area contributed by atoms with E-state index in [2.05, 4.69) is 36.5 Å². The fraction of sp³-hybridized carbons (Fsp3) is 0.222. The van der Waals surface area contributed by atoms with E-state index in [1.165, 1.54) is 21.6 Å². The lowest BCUT2D eigenvalue weighted by Crippen LogP contribution is -2.20. The van der Waals surface area contributed by atoms with Gasteiger partial charge in [0.25, 0.3) is 0 Å². The molecule has 0 saturated carbocycles. The normalized spacial score (nSPS) is 14.8. The summed E-state index contributed by atoms with van der Waals surface area (Å²) >= 11 is 14.0. The monoisotopic (exact) mass is 349 g/mol. The number of benzene rings is 2. The van der Waals surface area contributed by atoms with Crippen LogP contribution in [-0.4, -0.2) is 13.1 Å². The van der Waals surface area contributed by atoms with Gasteiger partial charge in [-0.3, -0.25) is 0 Å². The summed E-state index contributed by atoms with van der Waals surface area (Å²) in [5.74, 6) is 0. The maximum Gasteiger partial charge on any atom is 0.0560 e. The van der Waals surface area contributed by atoms with Gasteiger partial charge in [-0.2, -0.15) is 0 Å². The Balaban J connectivity index is 1.98. The van der Waals surface area contributed by atoms with Crippen LogP contribution in [0, 0.1) is 6.92 Å². The van der Waals surface area contributed by atoms with Crippen molar-refractivity contribution in [3.8, 4) is 0 Å². The van der Waals surface area contributed by atoms with E-state index >= 15 is 0 Å². The minimum Gasteiger partial charge on any atom is -0.313 e. The summed E-state index contributed by atoms with van der Waals surface area (Å²) in [6, 6.07) is 12.3. The van der Waals surface area contributed by atoms with Crippen molar-refractivity contribution in [3.63, 3.8) is 0 Å². The molecule has 0 unspecified atom stereocenters. The second-order valence-corrected chi connectivity index (χ2v) is 7.29. The Hall–Kier alpha value is -0.930. The lowest BCUT2D eigenvalue weighted by Gasteiger charge is -2.18. The lowest BCUT2D eigenvalue weighted by molar-refractivity contribution is 0.737. The van der Waals surface area contributed by atoms with Crippen molar-refractivity contribution in [2.45, 2.75) is 23.1 Å². The smallest absolute Gasteiger partial charge is 0.0560 e. The van der Waals surface area contributed by atoms with E-state index in [1.807, 2.05) is 12.1 Å². The van der Waals surface area contributed by atoms with Crippen LogP contribution in [0.15, 0.2) is 52.3 Å². The molecule has 114 valence electrons. The molecule has 2 aromatic rings. The first-order valence-corrected chi connectivity index (χ1v) is 8.84. The highest BCUT2D eigenvalue weighted by atomic mass is 35.5. The minimum atomic E-state index is 0.666. The van der Waals surface area contributed by atoms with Crippen molar-refractivity contribution in [3.05, 3.63) is 63.6 Å². The molecule has 22 heavy (non-hydrogen) atoms. The fourth-order valence-corrected chi connectivity index (χ4v) is 4.02. The molecule has 0 fully saturated rings. The van der Waals surface area contributed by atoms with Crippen molar-refractivity contribution in [1.29, 1.82) is 0 Å². The second kappa shape index (κ2) is 7.10. The first-order chi connectivity index (χ1) is 10.6. The minimum absolute atomic E-state index is 0.666. The highest BCUT2D eigenvalue weighted by Gasteiger charge is 2.13. The topological polar surface area (TPSA) is 12.0 Å². The summed E-state index contributed by atoms with van der Waals surface area (Å²) in [6.07, 6.45) is 3.34. The summed E-state index contributed by atoms with van der Waals surface area (Å²) in [4.78, 5) is 2.27. The summed E-state index contributed by atoms with van der Waals surface area (Å²) in [6.45, 7) is 4.11. The van der Waals surface area contributed by atoms with Crippen molar-refractivity contribution in [2.24, 2.45) is 0 Å². The van der Waals surface area contributed by atoms with Gasteiger partial charge in [0.2, 0.25) is 0 Å². The maximum atomic E-state index is 6.32. The molecule has 3 rings (SSSR count). The van der Waals surface area contributed by atoms with Crippen LogP contribution in [0.4, 0.5) is 0 Å². The van der Waals surface area contributed by atoms with Crippen molar-refractivity contribution in [1.82, 2.24) is 5.32 Å². The van der Waals surface area contributed by atoms with E-state index in [0.29, 0.717) is 10.0 Å². The Morgan fingerprint density at radius 2 is 1.86 bits per heavy atom. The zero-order chi connectivity index (χ0) is 15.5. The maximum absolute atomic E-state index is 6.32. The molecule has 1 heterocycles. The van der Waals surface area contributed by atoms with Crippen LogP contribution >= 0.6 is 35.0 Å². The molecular formula is C18H17Cl2NS. The molecule has 1 aliphatic heterocycles. The molecule has 0 aromatic heterocycles. The van der Waals surface area contributed by atoms with Gasteiger partial charge in [-0.25, -0.2) is 0 Å². The van der Waals surface area contributed by atoms with Gasteiger partial charge in [0.15, 0.2) is 0 Å². The average Bonchev–Trinajstić information content (AvgIpc) is 2.52. The molecule has 0 aliphatic carbocycles. The molecule has 1 nitrogen and oxygen atoms in total. The molecule has 0 bridgehead atoms. The fourth-order valence-electron chi connectivity index (χ4n) is 2.53. The molecule has 0 radical (unpaired) electrons. The van der Waals surface area contributed by atoms with Crippen molar-refractivity contribution < 1.29 is 0 Å². The lowest BCUT2D eigenvalue weighted by atomic mass is 9.99. The highest BCUT2D eigenvalue weighted by molar-refractivity contribution is 7.99. The number of halogens is 2. The number of rotatable bonds is 3. The SMILES string of the molecule is Cc1ccc(Sc2ccc(Cl)cc2Cl)c(C2=CCNCC2)c1. The third-order valence-corrected chi connectivity index (χ3v) is 5.47. The highest BCUT2D eigenvalue weighted by Crippen LogP contribution is 2.39. The van der Waals surface area contributed by atoms with E-state index in [1.54, 1.807) is 17.8 Å². The molecule has 0 amide bonds. The first-order valence-electron chi connectivity index (χ1n) is 7.27. The predicted molar refractivity (Wildman–Crippen MR) is 97.2 cm³/mol. The van der Waals surface area contributed by atoms with Crippen molar-refractivity contribution >= 4 is 40.5 Å². The van der Waals surface area contributed by atoms with Crippen LogP contribution in [0.1, 0.15) is 17.5 Å². The van der Waals surface area contributed by atoms with Gasteiger partial charge in [-0.05, 0) is 55.3 Å². The number of nitrogens with one attached hydrogen (secondary N) is 1. The van der Waals surface area contributed by atoms with Gasteiger partial charge in [-0.15, -0.1) is 0 Å². The number of aryl methyl sites for hydroxylation is 1. The van der Waals surface area contributed by atoms with Gasteiger partial charge >= 0.3 is 0 Å². The molecule has 2 aromatic carbocycles. The Kier molecular flexibility index (Phi) is 5.14.